The van der Waals surface area contributed by atoms with Crippen LogP contribution in [0.25, 0.3) is 0 Å². The van der Waals surface area contributed by atoms with Crippen molar-refractivity contribution in [3.05, 3.63) is 47.0 Å². The average molecular weight is 360 g/mol. The van der Waals surface area contributed by atoms with Crippen LogP contribution in [-0.2, 0) is 13.0 Å². The number of imidazole rings is 1. The molecule has 8 heteroatoms. The van der Waals surface area contributed by atoms with Crippen LogP contribution in [0.4, 0.5) is 14.5 Å². The summed E-state index contributed by atoms with van der Waals surface area (Å²) in [5.41, 5.74) is 0.671. The fourth-order valence-corrected chi connectivity index (χ4v) is 3.15. The van der Waals surface area contributed by atoms with Crippen LogP contribution in [0.5, 0.6) is 0 Å². The van der Waals surface area contributed by atoms with E-state index in [-0.39, 0.29) is 29.2 Å². The molecule has 0 bridgehead atoms. The number of nitrogens with zero attached hydrogens (tertiary/aromatic N) is 2. The number of hydrogen-bond acceptors (Lipinski definition) is 3. The number of fused-ring (bicyclic) bond motifs is 1. The maximum absolute atomic E-state index is 13.8. The van der Waals surface area contributed by atoms with Gasteiger partial charge in [-0.2, -0.15) is 0 Å². The van der Waals surface area contributed by atoms with Gasteiger partial charge in [0.05, 0.1) is 11.4 Å². The Labute approximate surface area is 148 Å². The molecule has 2 N–H and O–H groups in total. The zero-order chi connectivity index (χ0) is 18.3. The third-order valence-corrected chi connectivity index (χ3v) is 4.63. The van der Waals surface area contributed by atoms with Gasteiger partial charge in [0.25, 0.3) is 11.8 Å². The van der Waals surface area contributed by atoms with E-state index in [0.717, 1.165) is 37.8 Å². The van der Waals surface area contributed by atoms with Crippen molar-refractivity contribution in [3.8, 4) is 0 Å². The second kappa shape index (κ2) is 6.51. The molecule has 1 saturated carbocycles. The van der Waals surface area contributed by atoms with E-state index in [2.05, 4.69) is 15.6 Å². The molecule has 6 nitrogen and oxygen atoms in total. The maximum atomic E-state index is 13.8. The Morgan fingerprint density at radius 1 is 1.15 bits per heavy atom. The van der Waals surface area contributed by atoms with E-state index >= 15 is 0 Å². The Morgan fingerprint density at radius 2 is 1.96 bits per heavy atom. The number of nitrogens with one attached hydrogen (secondary N) is 2. The number of aromatic nitrogens is 2. The van der Waals surface area contributed by atoms with Gasteiger partial charge in [-0.15, -0.1) is 0 Å². The van der Waals surface area contributed by atoms with Gasteiger partial charge in [0.2, 0.25) is 0 Å². The van der Waals surface area contributed by atoms with Gasteiger partial charge in [0.15, 0.2) is 11.5 Å². The van der Waals surface area contributed by atoms with Gasteiger partial charge in [-0.05, 0) is 44.2 Å². The molecule has 26 heavy (non-hydrogen) atoms. The number of anilines is 1. The first kappa shape index (κ1) is 16.7. The minimum Gasteiger partial charge on any atom is -0.347 e. The smallest absolute Gasteiger partial charge is 0.287 e. The van der Waals surface area contributed by atoms with E-state index in [1.807, 2.05) is 0 Å². The number of hydrogen-bond donors (Lipinski definition) is 2. The van der Waals surface area contributed by atoms with E-state index in [1.54, 1.807) is 4.57 Å². The summed E-state index contributed by atoms with van der Waals surface area (Å²) in [7, 11) is 0. The molecule has 0 spiro atoms. The number of amides is 2. The van der Waals surface area contributed by atoms with Crippen LogP contribution in [0.2, 0.25) is 0 Å². The van der Waals surface area contributed by atoms with Gasteiger partial charge in [-0.1, -0.05) is 0 Å². The van der Waals surface area contributed by atoms with Gasteiger partial charge in [-0.25, -0.2) is 13.8 Å². The van der Waals surface area contributed by atoms with Crippen molar-refractivity contribution in [1.29, 1.82) is 0 Å². The molecule has 1 aromatic carbocycles. The molecule has 1 aliphatic heterocycles. The second-order valence-electron chi connectivity index (χ2n) is 6.67. The lowest BCUT2D eigenvalue weighted by Gasteiger charge is -2.17. The van der Waals surface area contributed by atoms with Crippen molar-refractivity contribution in [3.63, 3.8) is 0 Å². The highest BCUT2D eigenvalue weighted by atomic mass is 19.1. The monoisotopic (exact) mass is 360 g/mol. The van der Waals surface area contributed by atoms with E-state index in [1.165, 1.54) is 0 Å². The van der Waals surface area contributed by atoms with E-state index in [0.29, 0.717) is 24.7 Å². The maximum Gasteiger partial charge on any atom is 0.287 e. The Morgan fingerprint density at radius 3 is 2.69 bits per heavy atom. The summed E-state index contributed by atoms with van der Waals surface area (Å²) >= 11 is 0. The van der Waals surface area contributed by atoms with Crippen molar-refractivity contribution in [2.75, 3.05) is 5.32 Å². The molecule has 2 heterocycles. The lowest BCUT2D eigenvalue weighted by molar-refractivity contribution is 0.0935. The highest BCUT2D eigenvalue weighted by molar-refractivity contribution is 6.05. The van der Waals surface area contributed by atoms with Gasteiger partial charge >= 0.3 is 0 Å². The van der Waals surface area contributed by atoms with Crippen LogP contribution in [0.15, 0.2) is 18.2 Å². The van der Waals surface area contributed by atoms with Crippen LogP contribution in [0.3, 0.4) is 0 Å². The third kappa shape index (κ3) is 3.18. The van der Waals surface area contributed by atoms with Crippen LogP contribution in [0.1, 0.15) is 52.5 Å². The van der Waals surface area contributed by atoms with Gasteiger partial charge in [0.1, 0.15) is 11.6 Å². The first-order valence-corrected chi connectivity index (χ1v) is 8.69. The molecule has 2 aromatic rings. The Balaban J connectivity index is 1.63. The van der Waals surface area contributed by atoms with Gasteiger partial charge < -0.3 is 15.2 Å². The highest BCUT2D eigenvalue weighted by Gasteiger charge is 2.30. The third-order valence-electron chi connectivity index (χ3n) is 4.63. The normalized spacial score (nSPS) is 16.1. The van der Waals surface area contributed by atoms with Crippen LogP contribution < -0.4 is 10.6 Å². The predicted octanol–water partition coefficient (Wildman–Crippen LogP) is 2.64. The summed E-state index contributed by atoms with van der Waals surface area (Å²) in [6.45, 7) is 0.619. The number of rotatable bonds is 4. The van der Waals surface area contributed by atoms with Crippen LogP contribution >= 0.6 is 0 Å². The zero-order valence-electron chi connectivity index (χ0n) is 14.0. The fraction of sp³-hybridized carbons (Fsp3) is 0.389. The van der Waals surface area contributed by atoms with E-state index < -0.39 is 17.5 Å². The molecule has 0 unspecified atom stereocenters. The van der Waals surface area contributed by atoms with Crippen LogP contribution in [0, 0.1) is 11.6 Å². The summed E-state index contributed by atoms with van der Waals surface area (Å²) in [5, 5.41) is 5.30. The largest absolute Gasteiger partial charge is 0.347 e. The highest BCUT2D eigenvalue weighted by Crippen LogP contribution is 2.24. The molecular weight excluding hydrogens is 342 g/mol. The molecule has 0 atom stereocenters. The Bertz CT molecular complexity index is 890. The standard InChI is InChI=1S/C18H18F2N4O2/c19-10-4-7-13(12(20)9-10)22-17(25)15-14-3-1-2-8-24(14)16(23-15)18(26)21-11-5-6-11/h4,7,9,11H,1-3,5-6,8H2,(H,21,26)(H,22,25). The van der Waals surface area contributed by atoms with Gasteiger partial charge in [-0.3, -0.25) is 9.59 Å². The SMILES string of the molecule is O=C(Nc1ccc(F)cc1F)c1nc(C(=O)NC2CC2)n2c1CCCC2. The van der Waals surface area contributed by atoms with Crippen molar-refractivity contribution in [2.45, 2.75) is 44.7 Å². The lowest BCUT2D eigenvalue weighted by atomic mass is 10.1. The van der Waals surface area contributed by atoms with E-state index in [4.69, 9.17) is 0 Å². The van der Waals surface area contributed by atoms with Crippen molar-refractivity contribution >= 4 is 17.5 Å². The molecule has 2 amide bonds. The molecule has 4 rings (SSSR count). The first-order valence-electron chi connectivity index (χ1n) is 8.69. The average Bonchev–Trinajstić information content (AvgIpc) is 3.34. The van der Waals surface area contributed by atoms with Crippen LogP contribution in [-0.4, -0.2) is 27.4 Å². The molecule has 1 fully saturated rings. The second-order valence-corrected chi connectivity index (χ2v) is 6.67. The number of benzene rings is 1. The summed E-state index contributed by atoms with van der Waals surface area (Å²) in [6, 6.07) is 3.11. The Kier molecular flexibility index (Phi) is 4.18. The summed E-state index contributed by atoms with van der Waals surface area (Å²) < 4.78 is 28.6. The lowest BCUT2D eigenvalue weighted by Crippen LogP contribution is -2.29. The molecule has 2 aliphatic rings. The molecule has 0 saturated heterocycles. The molecule has 136 valence electrons. The molecule has 1 aliphatic carbocycles. The first-order chi connectivity index (χ1) is 12.5. The fourth-order valence-electron chi connectivity index (χ4n) is 3.15. The van der Waals surface area contributed by atoms with E-state index in [9.17, 15) is 18.4 Å². The zero-order valence-corrected chi connectivity index (χ0v) is 14.0. The van der Waals surface area contributed by atoms with Crippen molar-refractivity contribution < 1.29 is 18.4 Å². The number of carbonyl (C=O) groups excluding carboxylic acids is 2. The molecule has 1 aromatic heterocycles. The summed E-state index contributed by atoms with van der Waals surface area (Å²) in [6.07, 6.45) is 4.33. The van der Waals surface area contributed by atoms with Crippen molar-refractivity contribution in [1.82, 2.24) is 14.9 Å². The predicted molar refractivity (Wildman–Crippen MR) is 90.0 cm³/mol. The topological polar surface area (TPSA) is 76.0 Å². The Hall–Kier alpha value is -2.77. The number of halogens is 2. The summed E-state index contributed by atoms with van der Waals surface area (Å²) in [4.78, 5) is 29.3. The number of carbonyl (C=O) groups is 2. The van der Waals surface area contributed by atoms with Gasteiger partial charge in [0, 0.05) is 18.7 Å². The van der Waals surface area contributed by atoms with Crippen molar-refractivity contribution in [2.24, 2.45) is 0 Å². The molecule has 0 radical (unpaired) electrons. The molecular formula is C18H18F2N4O2. The minimum absolute atomic E-state index is 0.120. The minimum atomic E-state index is -0.863. The summed E-state index contributed by atoms with van der Waals surface area (Å²) in [5.74, 6) is -2.26. The quantitative estimate of drug-likeness (QED) is 0.880.